The number of carboxylic acids is 1. The summed E-state index contributed by atoms with van der Waals surface area (Å²) < 4.78 is 26.4. The van der Waals surface area contributed by atoms with Crippen LogP contribution in [-0.2, 0) is 10.0 Å². The predicted octanol–water partition coefficient (Wildman–Crippen LogP) is 1.85. The van der Waals surface area contributed by atoms with Gasteiger partial charge in [0.25, 0.3) is 0 Å². The van der Waals surface area contributed by atoms with Crippen LogP contribution in [0.2, 0.25) is 0 Å². The molecular weight excluding hydrogens is 362 g/mol. The lowest BCUT2D eigenvalue weighted by atomic mass is 10.1. The molecule has 1 rings (SSSR count). The SMILES string of the molecule is Cc1cc(C(=O)O)cc(S(=O)(=O)N(C)CC(C)(C)O)c1Br. The van der Waals surface area contributed by atoms with Gasteiger partial charge in [0.2, 0.25) is 10.0 Å². The highest BCUT2D eigenvalue weighted by atomic mass is 79.9. The van der Waals surface area contributed by atoms with E-state index in [-0.39, 0.29) is 17.0 Å². The first-order valence-electron chi connectivity index (χ1n) is 6.08. The molecule has 118 valence electrons. The molecule has 0 fully saturated rings. The highest BCUT2D eigenvalue weighted by molar-refractivity contribution is 9.10. The number of aryl methyl sites for hydroxylation is 1. The lowest BCUT2D eigenvalue weighted by Gasteiger charge is -2.25. The van der Waals surface area contributed by atoms with E-state index in [4.69, 9.17) is 5.11 Å². The Morgan fingerprint density at radius 2 is 1.90 bits per heavy atom. The number of carbonyl (C=O) groups is 1. The van der Waals surface area contributed by atoms with Crippen molar-refractivity contribution in [1.29, 1.82) is 0 Å². The summed E-state index contributed by atoms with van der Waals surface area (Å²) in [7, 11) is -2.58. The summed E-state index contributed by atoms with van der Waals surface area (Å²) in [6.07, 6.45) is 0. The summed E-state index contributed by atoms with van der Waals surface area (Å²) in [5, 5.41) is 18.8. The minimum absolute atomic E-state index is 0.106. The molecule has 0 saturated heterocycles. The third-order valence-electron chi connectivity index (χ3n) is 2.77. The maximum absolute atomic E-state index is 12.5. The van der Waals surface area contributed by atoms with E-state index in [1.165, 1.54) is 27.0 Å². The zero-order valence-electron chi connectivity index (χ0n) is 12.2. The number of rotatable bonds is 5. The summed E-state index contributed by atoms with van der Waals surface area (Å²) in [6, 6.07) is 2.50. The predicted molar refractivity (Wildman–Crippen MR) is 82.0 cm³/mol. The van der Waals surface area contributed by atoms with E-state index in [1.54, 1.807) is 6.92 Å². The molecule has 0 aromatic heterocycles. The Kier molecular flexibility index (Phi) is 5.20. The zero-order valence-corrected chi connectivity index (χ0v) is 14.6. The number of hydrogen-bond donors (Lipinski definition) is 2. The Labute approximate surface area is 132 Å². The Morgan fingerprint density at radius 3 is 2.33 bits per heavy atom. The van der Waals surface area contributed by atoms with Gasteiger partial charge in [-0.1, -0.05) is 0 Å². The number of sulfonamides is 1. The third kappa shape index (κ3) is 4.26. The maximum atomic E-state index is 12.5. The number of hydrogen-bond acceptors (Lipinski definition) is 4. The van der Waals surface area contributed by atoms with Gasteiger partial charge < -0.3 is 10.2 Å². The molecule has 1 aromatic carbocycles. The molecule has 1 aromatic rings. The minimum Gasteiger partial charge on any atom is -0.478 e. The summed E-state index contributed by atoms with van der Waals surface area (Å²) >= 11 is 3.19. The van der Waals surface area contributed by atoms with Crippen LogP contribution in [0, 0.1) is 6.92 Å². The van der Waals surface area contributed by atoms with Crippen molar-refractivity contribution >= 4 is 31.9 Å². The first-order chi connectivity index (χ1) is 9.36. The van der Waals surface area contributed by atoms with Crippen molar-refractivity contribution < 1.29 is 23.4 Å². The van der Waals surface area contributed by atoms with Gasteiger partial charge in [-0.15, -0.1) is 0 Å². The molecule has 21 heavy (non-hydrogen) atoms. The normalized spacial score (nSPS) is 12.7. The third-order valence-corrected chi connectivity index (χ3v) is 5.91. The Hall–Kier alpha value is -0.960. The maximum Gasteiger partial charge on any atom is 0.335 e. The molecule has 0 heterocycles. The van der Waals surface area contributed by atoms with Crippen LogP contribution in [0.1, 0.15) is 29.8 Å². The fourth-order valence-corrected chi connectivity index (χ4v) is 4.17. The molecule has 8 heteroatoms. The van der Waals surface area contributed by atoms with Crippen molar-refractivity contribution in [1.82, 2.24) is 4.31 Å². The molecule has 0 amide bonds. The quantitative estimate of drug-likeness (QED) is 0.813. The Bertz CT molecular complexity index is 664. The second-order valence-electron chi connectivity index (χ2n) is 5.48. The van der Waals surface area contributed by atoms with Gasteiger partial charge in [0.05, 0.1) is 16.1 Å². The van der Waals surface area contributed by atoms with Gasteiger partial charge in [0.15, 0.2) is 0 Å². The highest BCUT2D eigenvalue weighted by Crippen LogP contribution is 2.29. The van der Waals surface area contributed by atoms with E-state index in [0.717, 1.165) is 10.4 Å². The van der Waals surface area contributed by atoms with E-state index < -0.39 is 21.6 Å². The fraction of sp³-hybridized carbons (Fsp3) is 0.462. The molecule has 2 N–H and O–H groups in total. The van der Waals surface area contributed by atoms with E-state index in [2.05, 4.69) is 15.9 Å². The number of nitrogens with zero attached hydrogens (tertiary/aromatic N) is 1. The van der Waals surface area contributed by atoms with Crippen molar-refractivity contribution in [2.45, 2.75) is 31.3 Å². The van der Waals surface area contributed by atoms with Gasteiger partial charge in [-0.3, -0.25) is 0 Å². The summed E-state index contributed by atoms with van der Waals surface area (Å²) in [5.74, 6) is -1.20. The van der Waals surface area contributed by atoms with E-state index in [9.17, 15) is 18.3 Å². The lowest BCUT2D eigenvalue weighted by Crippen LogP contribution is -2.39. The van der Waals surface area contributed by atoms with Crippen LogP contribution in [-0.4, -0.2) is 48.1 Å². The number of aliphatic hydroxyl groups is 1. The van der Waals surface area contributed by atoms with Crippen LogP contribution in [0.15, 0.2) is 21.5 Å². The van der Waals surface area contributed by atoms with E-state index in [0.29, 0.717) is 10.0 Å². The molecule has 0 bridgehead atoms. The molecule has 6 nitrogen and oxygen atoms in total. The summed E-state index contributed by atoms with van der Waals surface area (Å²) in [4.78, 5) is 10.9. The van der Waals surface area contributed by atoms with Crippen molar-refractivity contribution in [3.8, 4) is 0 Å². The second-order valence-corrected chi connectivity index (χ2v) is 8.29. The van der Waals surface area contributed by atoms with Crippen LogP contribution in [0.5, 0.6) is 0 Å². The average molecular weight is 380 g/mol. The Morgan fingerprint density at radius 1 is 1.38 bits per heavy atom. The first-order valence-corrected chi connectivity index (χ1v) is 8.32. The smallest absolute Gasteiger partial charge is 0.335 e. The van der Waals surface area contributed by atoms with Crippen LogP contribution in [0.3, 0.4) is 0 Å². The standard InChI is InChI=1S/C13H18BrNO5S/c1-8-5-9(12(16)17)6-10(11(8)14)21(19,20)15(4)7-13(2,3)18/h5-6,18H,7H2,1-4H3,(H,16,17). The number of likely N-dealkylation sites (N-methyl/N-ethyl adjacent to an activating group) is 1. The number of benzene rings is 1. The van der Waals surface area contributed by atoms with Crippen LogP contribution in [0.4, 0.5) is 0 Å². The van der Waals surface area contributed by atoms with Gasteiger partial charge in [0.1, 0.15) is 0 Å². The topological polar surface area (TPSA) is 94.9 Å². The fourth-order valence-electron chi connectivity index (χ4n) is 1.85. The molecule has 0 aliphatic heterocycles. The zero-order chi connectivity index (χ0) is 16.6. The number of aromatic carboxylic acids is 1. The van der Waals surface area contributed by atoms with Crippen molar-refractivity contribution in [3.05, 3.63) is 27.7 Å². The molecule has 0 unspecified atom stereocenters. The molecular formula is C13H18BrNO5S. The van der Waals surface area contributed by atoms with E-state index in [1.807, 2.05) is 0 Å². The van der Waals surface area contributed by atoms with Gasteiger partial charge in [0, 0.05) is 18.1 Å². The molecule has 0 aliphatic carbocycles. The van der Waals surface area contributed by atoms with Gasteiger partial charge in [-0.05, 0) is 54.4 Å². The van der Waals surface area contributed by atoms with Crippen molar-refractivity contribution in [3.63, 3.8) is 0 Å². The van der Waals surface area contributed by atoms with E-state index >= 15 is 0 Å². The average Bonchev–Trinajstić information content (AvgIpc) is 2.29. The molecule has 0 aliphatic rings. The largest absolute Gasteiger partial charge is 0.478 e. The summed E-state index contributed by atoms with van der Waals surface area (Å²) in [5.41, 5.74) is -0.802. The van der Waals surface area contributed by atoms with Crippen LogP contribution >= 0.6 is 15.9 Å². The van der Waals surface area contributed by atoms with Crippen molar-refractivity contribution in [2.24, 2.45) is 0 Å². The molecule has 0 radical (unpaired) electrons. The van der Waals surface area contributed by atoms with Gasteiger partial charge in [-0.2, -0.15) is 4.31 Å². The first kappa shape index (κ1) is 18.1. The molecule has 0 spiro atoms. The number of carboxylic acid groups (broad SMARTS) is 1. The highest BCUT2D eigenvalue weighted by Gasteiger charge is 2.29. The van der Waals surface area contributed by atoms with Crippen LogP contribution in [0.25, 0.3) is 0 Å². The van der Waals surface area contributed by atoms with Gasteiger partial charge >= 0.3 is 5.97 Å². The lowest BCUT2D eigenvalue weighted by molar-refractivity contribution is 0.0638. The minimum atomic E-state index is -3.92. The van der Waals surface area contributed by atoms with Crippen molar-refractivity contribution in [2.75, 3.05) is 13.6 Å². The summed E-state index contributed by atoms with van der Waals surface area (Å²) in [6.45, 7) is 4.49. The second kappa shape index (κ2) is 6.04. The molecule has 0 atom stereocenters. The van der Waals surface area contributed by atoms with Crippen LogP contribution < -0.4 is 0 Å². The molecule has 0 saturated carbocycles. The Balaban J connectivity index is 3.41. The monoisotopic (exact) mass is 379 g/mol. The number of halogens is 1. The van der Waals surface area contributed by atoms with Gasteiger partial charge in [-0.25, -0.2) is 13.2 Å².